The summed E-state index contributed by atoms with van der Waals surface area (Å²) in [5.74, 6) is -0.545. The smallest absolute Gasteiger partial charge is 0.163 e. The van der Waals surface area contributed by atoms with Crippen LogP contribution in [0.25, 0.3) is 0 Å². The molecule has 108 valence electrons. The van der Waals surface area contributed by atoms with Gasteiger partial charge in [-0.1, -0.05) is 42.0 Å². The summed E-state index contributed by atoms with van der Waals surface area (Å²) in [6, 6.07) is 13.3. The van der Waals surface area contributed by atoms with Gasteiger partial charge < -0.3 is 4.79 Å². The van der Waals surface area contributed by atoms with Gasteiger partial charge in [0.15, 0.2) is 5.78 Å². The molecule has 2 nitrogen and oxygen atoms in total. The number of carbonyl (C=O) groups is 2. The molecule has 0 saturated carbocycles. The lowest BCUT2D eigenvalue weighted by molar-refractivity contribution is -0.108. The van der Waals surface area contributed by atoms with Crippen molar-refractivity contribution in [2.24, 2.45) is 0 Å². The van der Waals surface area contributed by atoms with Gasteiger partial charge in [0.25, 0.3) is 0 Å². The molecular formula is C18H17FO2. The maximum atomic E-state index is 13.0. The van der Waals surface area contributed by atoms with Crippen molar-refractivity contribution in [3.05, 3.63) is 71.0 Å². The predicted octanol–water partition coefficient (Wildman–Crippen LogP) is 4.08. The first kappa shape index (κ1) is 15.1. The highest BCUT2D eigenvalue weighted by atomic mass is 19.1. The van der Waals surface area contributed by atoms with Gasteiger partial charge in [0.05, 0.1) is 0 Å². The largest absolute Gasteiger partial charge is 0.303 e. The van der Waals surface area contributed by atoms with Crippen LogP contribution in [0.3, 0.4) is 0 Å². The number of aryl methyl sites for hydroxylation is 1. The van der Waals surface area contributed by atoms with E-state index in [9.17, 15) is 14.0 Å². The van der Waals surface area contributed by atoms with Gasteiger partial charge in [0, 0.05) is 18.4 Å². The Kier molecular flexibility index (Phi) is 4.99. The summed E-state index contributed by atoms with van der Waals surface area (Å²) in [6.45, 7) is 1.96. The minimum atomic E-state index is -0.325. The number of aldehydes is 1. The highest BCUT2D eigenvalue weighted by molar-refractivity contribution is 5.96. The van der Waals surface area contributed by atoms with E-state index >= 15 is 0 Å². The van der Waals surface area contributed by atoms with Crippen molar-refractivity contribution in [1.29, 1.82) is 0 Å². The zero-order chi connectivity index (χ0) is 15.2. The monoisotopic (exact) mass is 284 g/mol. The zero-order valence-corrected chi connectivity index (χ0v) is 11.9. The lowest BCUT2D eigenvalue weighted by atomic mass is 9.89. The normalized spacial score (nSPS) is 11.9. The van der Waals surface area contributed by atoms with Gasteiger partial charge >= 0.3 is 0 Å². The molecule has 2 rings (SSSR count). The molecule has 21 heavy (non-hydrogen) atoms. The lowest BCUT2D eigenvalue weighted by Crippen LogP contribution is -2.08. The number of Topliss-reactive ketones (excluding diaryl/α,β-unsaturated/α-hetero) is 1. The average molecular weight is 284 g/mol. The quantitative estimate of drug-likeness (QED) is 0.591. The summed E-state index contributed by atoms with van der Waals surface area (Å²) in [5.41, 5.74) is 2.54. The summed E-state index contributed by atoms with van der Waals surface area (Å²) < 4.78 is 13.0. The molecular weight excluding hydrogens is 267 g/mol. The summed E-state index contributed by atoms with van der Waals surface area (Å²) in [6.07, 6.45) is 1.30. The molecule has 0 heterocycles. The molecule has 0 amide bonds. The predicted molar refractivity (Wildman–Crippen MR) is 79.9 cm³/mol. The molecule has 0 aromatic heterocycles. The summed E-state index contributed by atoms with van der Waals surface area (Å²) >= 11 is 0. The molecule has 3 heteroatoms. The van der Waals surface area contributed by atoms with E-state index in [0.717, 1.165) is 17.4 Å². The summed E-state index contributed by atoms with van der Waals surface area (Å²) in [7, 11) is 0. The Morgan fingerprint density at radius 3 is 2.29 bits per heavy atom. The van der Waals surface area contributed by atoms with Crippen LogP contribution in [-0.2, 0) is 4.79 Å². The molecule has 2 aromatic carbocycles. The maximum absolute atomic E-state index is 13.0. The van der Waals surface area contributed by atoms with E-state index in [4.69, 9.17) is 0 Å². The third kappa shape index (κ3) is 4.09. The Bertz CT molecular complexity index is 615. The van der Waals surface area contributed by atoms with Crippen molar-refractivity contribution in [1.82, 2.24) is 0 Å². The van der Waals surface area contributed by atoms with Crippen molar-refractivity contribution in [2.45, 2.75) is 25.7 Å². The first-order valence-corrected chi connectivity index (χ1v) is 6.89. The van der Waals surface area contributed by atoms with Crippen LogP contribution in [-0.4, -0.2) is 12.1 Å². The van der Waals surface area contributed by atoms with Crippen LogP contribution >= 0.6 is 0 Å². The van der Waals surface area contributed by atoms with Gasteiger partial charge in [-0.3, -0.25) is 4.79 Å². The third-order valence-corrected chi connectivity index (χ3v) is 3.53. The Balaban J connectivity index is 2.15. The minimum Gasteiger partial charge on any atom is -0.303 e. The molecule has 1 atom stereocenters. The van der Waals surface area contributed by atoms with Crippen LogP contribution in [0.15, 0.2) is 48.5 Å². The topological polar surface area (TPSA) is 34.1 Å². The zero-order valence-electron chi connectivity index (χ0n) is 11.9. The van der Waals surface area contributed by atoms with E-state index in [1.807, 2.05) is 19.1 Å². The molecule has 0 spiro atoms. The maximum Gasteiger partial charge on any atom is 0.163 e. The van der Waals surface area contributed by atoms with Gasteiger partial charge in [-0.05, 0) is 30.5 Å². The molecule has 1 unspecified atom stereocenters. The Morgan fingerprint density at radius 2 is 1.71 bits per heavy atom. The average Bonchev–Trinajstić information content (AvgIpc) is 2.48. The van der Waals surface area contributed by atoms with Crippen LogP contribution in [0.2, 0.25) is 0 Å². The number of carbonyl (C=O) groups excluding carboxylic acids is 2. The number of halogens is 1. The van der Waals surface area contributed by atoms with E-state index in [1.54, 1.807) is 24.3 Å². The number of ketones is 1. The minimum absolute atomic E-state index is 0.00817. The molecule has 0 saturated heterocycles. The molecule has 0 aliphatic heterocycles. The van der Waals surface area contributed by atoms with Crippen LogP contribution in [0.4, 0.5) is 4.39 Å². The van der Waals surface area contributed by atoms with Crippen molar-refractivity contribution in [2.75, 3.05) is 0 Å². The van der Waals surface area contributed by atoms with Crippen molar-refractivity contribution in [3.63, 3.8) is 0 Å². The Labute approximate surface area is 123 Å². The van der Waals surface area contributed by atoms with Crippen molar-refractivity contribution >= 4 is 12.1 Å². The fraction of sp³-hybridized carbons (Fsp3) is 0.222. The second-order valence-corrected chi connectivity index (χ2v) is 5.14. The van der Waals surface area contributed by atoms with Gasteiger partial charge in [0.2, 0.25) is 0 Å². The van der Waals surface area contributed by atoms with E-state index in [1.165, 1.54) is 12.1 Å². The van der Waals surface area contributed by atoms with Gasteiger partial charge in [-0.2, -0.15) is 0 Å². The van der Waals surface area contributed by atoms with Crippen molar-refractivity contribution < 1.29 is 14.0 Å². The molecule has 2 aromatic rings. The van der Waals surface area contributed by atoms with Crippen molar-refractivity contribution in [3.8, 4) is 0 Å². The van der Waals surface area contributed by atoms with Gasteiger partial charge in [0.1, 0.15) is 12.1 Å². The summed E-state index contributed by atoms with van der Waals surface area (Å²) in [4.78, 5) is 23.1. The van der Waals surface area contributed by atoms with E-state index in [2.05, 4.69) is 0 Å². The fourth-order valence-corrected chi connectivity index (χ4v) is 2.27. The van der Waals surface area contributed by atoms with Crippen LogP contribution < -0.4 is 0 Å². The van der Waals surface area contributed by atoms with Crippen LogP contribution in [0.1, 0.15) is 40.2 Å². The highest BCUT2D eigenvalue weighted by Gasteiger charge is 2.17. The lowest BCUT2D eigenvalue weighted by Gasteiger charge is -2.14. The molecule has 0 radical (unpaired) electrons. The number of benzene rings is 2. The molecule has 0 aliphatic rings. The summed E-state index contributed by atoms with van der Waals surface area (Å²) in [5, 5.41) is 0. The SMILES string of the molecule is Cc1ccc(C(=O)CC(CC=O)c2ccc(F)cc2)cc1. The highest BCUT2D eigenvalue weighted by Crippen LogP contribution is 2.25. The number of rotatable bonds is 6. The van der Waals surface area contributed by atoms with E-state index in [-0.39, 0.29) is 30.4 Å². The van der Waals surface area contributed by atoms with E-state index < -0.39 is 0 Å². The Morgan fingerprint density at radius 1 is 1.10 bits per heavy atom. The second kappa shape index (κ2) is 6.93. The molecule has 0 aliphatic carbocycles. The molecule has 0 fully saturated rings. The molecule has 0 N–H and O–H groups in total. The van der Waals surface area contributed by atoms with Crippen LogP contribution in [0.5, 0.6) is 0 Å². The number of hydrogen-bond acceptors (Lipinski definition) is 2. The first-order valence-electron chi connectivity index (χ1n) is 6.89. The Hall–Kier alpha value is -2.29. The van der Waals surface area contributed by atoms with Gasteiger partial charge in [-0.25, -0.2) is 4.39 Å². The second-order valence-electron chi connectivity index (χ2n) is 5.14. The standard InChI is InChI=1S/C18H17FO2/c1-13-2-4-15(5-3-13)18(21)12-16(10-11-20)14-6-8-17(19)9-7-14/h2-9,11,16H,10,12H2,1H3. The molecule has 0 bridgehead atoms. The van der Waals surface area contributed by atoms with Crippen LogP contribution in [0, 0.1) is 12.7 Å². The first-order chi connectivity index (χ1) is 10.1. The number of hydrogen-bond donors (Lipinski definition) is 0. The third-order valence-electron chi connectivity index (χ3n) is 3.53. The fourth-order valence-electron chi connectivity index (χ4n) is 2.27. The van der Waals surface area contributed by atoms with E-state index in [0.29, 0.717) is 5.56 Å². The van der Waals surface area contributed by atoms with Gasteiger partial charge in [-0.15, -0.1) is 0 Å².